The molecular weight excluding hydrogens is 482 g/mol. The maximum Gasteiger partial charge on any atom is 0.184 e. The van der Waals surface area contributed by atoms with E-state index in [0.29, 0.717) is 11.3 Å². The quantitative estimate of drug-likeness (QED) is 0.299. The molecule has 31 heavy (non-hydrogen) atoms. The van der Waals surface area contributed by atoms with E-state index in [9.17, 15) is 5.11 Å². The molecule has 1 aliphatic heterocycles. The number of aryl methyl sites for hydroxylation is 1. The molecule has 0 aromatic heterocycles. The van der Waals surface area contributed by atoms with Gasteiger partial charge in [-0.15, -0.1) is 0 Å². The molecule has 0 radical (unpaired) electrons. The van der Waals surface area contributed by atoms with Crippen LogP contribution in [-0.2, 0) is 0 Å². The fourth-order valence-corrected chi connectivity index (χ4v) is 4.85. The molecule has 4 rings (SSSR count). The minimum Gasteiger partial charge on any atom is -0.496 e. The summed E-state index contributed by atoms with van der Waals surface area (Å²) in [7, 11) is 1.60. The Labute approximate surface area is 200 Å². The molecule has 0 bridgehead atoms. The lowest BCUT2D eigenvalue weighted by atomic mass is 9.88. The topological polar surface area (TPSA) is 47.9 Å². The number of benzene rings is 3. The summed E-state index contributed by atoms with van der Waals surface area (Å²) in [6.07, 6.45) is -1.61. The first-order valence-electron chi connectivity index (χ1n) is 9.54. The molecule has 4 nitrogen and oxygen atoms in total. The van der Waals surface area contributed by atoms with Crippen molar-refractivity contribution in [2.45, 2.75) is 38.6 Å². The van der Waals surface area contributed by atoms with Crippen LogP contribution in [0.15, 0.2) is 30.3 Å². The van der Waals surface area contributed by atoms with E-state index in [4.69, 9.17) is 60.6 Å². The molecule has 0 aliphatic carbocycles. The Kier molecular flexibility index (Phi) is 5.91. The third-order valence-corrected chi connectivity index (χ3v) is 7.20. The van der Waals surface area contributed by atoms with Crippen molar-refractivity contribution in [3.05, 3.63) is 61.5 Å². The Morgan fingerprint density at radius 3 is 2.10 bits per heavy atom. The predicted molar refractivity (Wildman–Crippen MR) is 126 cm³/mol. The number of ether oxygens (including phenoxy) is 3. The molecular formula is C23H20Cl4O4. The molecule has 0 amide bonds. The highest BCUT2D eigenvalue weighted by molar-refractivity contribution is 6.53. The van der Waals surface area contributed by atoms with Gasteiger partial charge in [-0.2, -0.15) is 0 Å². The van der Waals surface area contributed by atoms with Crippen LogP contribution in [0.25, 0.3) is 10.8 Å². The molecule has 1 N–H and O–H groups in total. The fraction of sp³-hybridized carbons (Fsp3) is 0.304. The summed E-state index contributed by atoms with van der Waals surface area (Å²) >= 11 is 25.2. The van der Waals surface area contributed by atoms with Gasteiger partial charge >= 0.3 is 0 Å². The summed E-state index contributed by atoms with van der Waals surface area (Å²) in [5, 5.41) is 13.3. The van der Waals surface area contributed by atoms with E-state index in [1.54, 1.807) is 21.0 Å². The smallest absolute Gasteiger partial charge is 0.184 e. The number of methoxy groups -OCH3 is 1. The lowest BCUT2D eigenvalue weighted by molar-refractivity contribution is -0.101. The fourth-order valence-electron chi connectivity index (χ4n) is 3.94. The third-order valence-electron chi connectivity index (χ3n) is 5.43. The van der Waals surface area contributed by atoms with E-state index < -0.39 is 17.8 Å². The van der Waals surface area contributed by atoms with E-state index >= 15 is 0 Å². The van der Waals surface area contributed by atoms with Gasteiger partial charge in [0.05, 0.1) is 22.8 Å². The lowest BCUT2D eigenvalue weighted by Crippen LogP contribution is -2.48. The van der Waals surface area contributed by atoms with E-state index in [-0.39, 0.29) is 31.6 Å². The van der Waals surface area contributed by atoms with Gasteiger partial charge in [0, 0.05) is 5.56 Å². The predicted octanol–water partition coefficient (Wildman–Crippen LogP) is 7.42. The van der Waals surface area contributed by atoms with Crippen LogP contribution in [0, 0.1) is 6.92 Å². The second-order valence-electron chi connectivity index (χ2n) is 7.99. The van der Waals surface area contributed by atoms with Gasteiger partial charge in [-0.05, 0) is 43.2 Å². The van der Waals surface area contributed by atoms with Crippen molar-refractivity contribution < 1.29 is 19.3 Å². The molecule has 0 saturated carbocycles. The summed E-state index contributed by atoms with van der Waals surface area (Å²) in [5.74, 6) is 0.938. The van der Waals surface area contributed by atoms with Crippen molar-refractivity contribution in [3.8, 4) is 17.2 Å². The van der Waals surface area contributed by atoms with Gasteiger partial charge in [0.1, 0.15) is 15.8 Å². The summed E-state index contributed by atoms with van der Waals surface area (Å²) in [5.41, 5.74) is 0.335. The minimum absolute atomic E-state index is 0.0581. The van der Waals surface area contributed by atoms with Gasteiger partial charge in [0.2, 0.25) is 0 Å². The molecule has 2 unspecified atom stereocenters. The maximum absolute atomic E-state index is 10.9. The number of aliphatic hydroxyl groups is 1. The molecule has 2 atom stereocenters. The standard InChI is InChI=1S/C23H20Cl4O4/c1-10-12-8-6-5-7-11(12)9-13(18(10)29-4)19-22(23(2,3)28)31-21-17(27)15(25)14(24)16(26)20(21)30-19/h5-9,19,22,28H,1-4H3. The van der Waals surface area contributed by atoms with Crippen LogP contribution >= 0.6 is 46.4 Å². The van der Waals surface area contributed by atoms with Gasteiger partial charge in [-0.1, -0.05) is 70.7 Å². The molecule has 3 aromatic rings. The maximum atomic E-state index is 10.9. The SMILES string of the molecule is COc1c(C2Oc3c(Cl)c(Cl)c(Cl)c(Cl)c3OC2C(C)(C)O)cc2ccccc2c1C. The number of hydrogen-bond donors (Lipinski definition) is 1. The van der Waals surface area contributed by atoms with Crippen LogP contribution in [-0.4, -0.2) is 23.9 Å². The minimum atomic E-state index is -1.31. The number of rotatable bonds is 3. The highest BCUT2D eigenvalue weighted by Gasteiger charge is 2.46. The largest absolute Gasteiger partial charge is 0.496 e. The zero-order valence-corrected chi connectivity index (χ0v) is 20.2. The first kappa shape index (κ1) is 22.6. The van der Waals surface area contributed by atoms with Crippen molar-refractivity contribution >= 4 is 57.2 Å². The Hall–Kier alpha value is -1.56. The molecule has 1 aliphatic rings. The van der Waals surface area contributed by atoms with E-state index in [0.717, 1.165) is 16.3 Å². The summed E-state index contributed by atoms with van der Waals surface area (Å²) in [4.78, 5) is 0. The van der Waals surface area contributed by atoms with Gasteiger partial charge in [-0.25, -0.2) is 0 Å². The molecule has 0 fully saturated rings. The number of halogens is 4. The highest BCUT2D eigenvalue weighted by Crippen LogP contribution is 2.56. The Morgan fingerprint density at radius 1 is 0.935 bits per heavy atom. The average molecular weight is 502 g/mol. The van der Waals surface area contributed by atoms with Crippen LogP contribution in [0.5, 0.6) is 17.2 Å². The van der Waals surface area contributed by atoms with Crippen LogP contribution < -0.4 is 14.2 Å². The van der Waals surface area contributed by atoms with Gasteiger partial charge in [0.15, 0.2) is 23.7 Å². The first-order valence-corrected chi connectivity index (χ1v) is 11.0. The lowest BCUT2D eigenvalue weighted by Gasteiger charge is -2.41. The van der Waals surface area contributed by atoms with Crippen LogP contribution in [0.1, 0.15) is 31.1 Å². The van der Waals surface area contributed by atoms with Crippen LogP contribution in [0.4, 0.5) is 0 Å². The van der Waals surface area contributed by atoms with Crippen LogP contribution in [0.3, 0.4) is 0 Å². The van der Waals surface area contributed by atoms with E-state index in [2.05, 4.69) is 0 Å². The average Bonchev–Trinajstić information content (AvgIpc) is 2.74. The monoisotopic (exact) mass is 500 g/mol. The zero-order chi connectivity index (χ0) is 22.7. The number of hydrogen-bond acceptors (Lipinski definition) is 4. The van der Waals surface area contributed by atoms with E-state index in [1.807, 2.05) is 37.3 Å². The molecule has 8 heteroatoms. The van der Waals surface area contributed by atoms with E-state index in [1.165, 1.54) is 0 Å². The molecule has 164 valence electrons. The number of fused-ring (bicyclic) bond motifs is 2. The van der Waals surface area contributed by atoms with Gasteiger partial charge in [-0.3, -0.25) is 0 Å². The molecule has 0 saturated heterocycles. The van der Waals surface area contributed by atoms with Crippen molar-refractivity contribution in [3.63, 3.8) is 0 Å². The zero-order valence-electron chi connectivity index (χ0n) is 17.2. The second kappa shape index (κ2) is 8.09. The first-order chi connectivity index (χ1) is 14.6. The second-order valence-corrected chi connectivity index (χ2v) is 9.50. The van der Waals surface area contributed by atoms with Crippen LogP contribution in [0.2, 0.25) is 20.1 Å². The Balaban J connectivity index is 1.98. The third kappa shape index (κ3) is 3.69. The van der Waals surface area contributed by atoms with Crippen molar-refractivity contribution in [1.82, 2.24) is 0 Å². The van der Waals surface area contributed by atoms with Gasteiger partial charge in [0.25, 0.3) is 0 Å². The normalized spacial score (nSPS) is 18.4. The summed E-state index contributed by atoms with van der Waals surface area (Å²) < 4.78 is 18.3. The summed E-state index contributed by atoms with van der Waals surface area (Å²) in [6, 6.07) is 9.92. The molecule has 3 aromatic carbocycles. The van der Waals surface area contributed by atoms with Crippen molar-refractivity contribution in [1.29, 1.82) is 0 Å². The summed E-state index contributed by atoms with van der Waals surface area (Å²) in [6.45, 7) is 5.24. The van der Waals surface area contributed by atoms with Gasteiger partial charge < -0.3 is 19.3 Å². The Morgan fingerprint density at radius 2 is 1.52 bits per heavy atom. The molecule has 1 heterocycles. The highest BCUT2D eigenvalue weighted by atomic mass is 35.5. The Bertz CT molecular complexity index is 1190. The van der Waals surface area contributed by atoms with Crippen molar-refractivity contribution in [2.75, 3.05) is 7.11 Å². The van der Waals surface area contributed by atoms with Crippen molar-refractivity contribution in [2.24, 2.45) is 0 Å². The molecule has 0 spiro atoms.